The number of amides is 1. The third-order valence-electron chi connectivity index (χ3n) is 3.99. The molecule has 126 valence electrons. The molecule has 0 aromatic carbocycles. The largest absolute Gasteiger partial charge is 0.481 e. The molecule has 7 heteroatoms. The van der Waals surface area contributed by atoms with E-state index in [1.165, 1.54) is 0 Å². The summed E-state index contributed by atoms with van der Waals surface area (Å²) >= 11 is 0. The fourth-order valence-electron chi connectivity index (χ4n) is 2.61. The van der Waals surface area contributed by atoms with E-state index in [-0.39, 0.29) is 11.9 Å². The van der Waals surface area contributed by atoms with Crippen LogP contribution >= 0.6 is 0 Å². The summed E-state index contributed by atoms with van der Waals surface area (Å²) in [7, 11) is 1.60. The molecule has 1 amide bonds. The Balaban J connectivity index is 1.96. The number of carbonyl (C=O) groups is 1. The molecule has 0 bridgehead atoms. The van der Waals surface area contributed by atoms with Crippen molar-refractivity contribution >= 4 is 11.9 Å². The summed E-state index contributed by atoms with van der Waals surface area (Å²) in [5.74, 6) is 1.28. The topological polar surface area (TPSA) is 70.6 Å². The Morgan fingerprint density at radius 1 is 1.48 bits per heavy atom. The zero-order chi connectivity index (χ0) is 16.7. The molecule has 1 N–H and O–H groups in total. The number of anilines is 1. The van der Waals surface area contributed by atoms with Crippen molar-refractivity contribution in [3.05, 3.63) is 24.9 Å². The minimum Gasteiger partial charge on any atom is -0.481 e. The van der Waals surface area contributed by atoms with Crippen molar-refractivity contribution in [1.82, 2.24) is 20.2 Å². The second-order valence-electron chi connectivity index (χ2n) is 5.49. The predicted molar refractivity (Wildman–Crippen MR) is 89.7 cm³/mol. The number of hydrogen-bond acceptors (Lipinski definition) is 6. The smallest absolute Gasteiger partial charge is 0.237 e. The van der Waals surface area contributed by atoms with Gasteiger partial charge in [-0.25, -0.2) is 4.98 Å². The molecule has 1 saturated heterocycles. The molecule has 0 radical (unpaired) electrons. The van der Waals surface area contributed by atoms with Gasteiger partial charge >= 0.3 is 0 Å². The van der Waals surface area contributed by atoms with Gasteiger partial charge in [-0.05, 0) is 13.3 Å². The fraction of sp³-hybridized carbons (Fsp3) is 0.562. The lowest BCUT2D eigenvalue weighted by Gasteiger charge is -2.26. The normalized spacial score (nSPS) is 17.2. The summed E-state index contributed by atoms with van der Waals surface area (Å²) in [6.07, 6.45) is 4.35. The van der Waals surface area contributed by atoms with Crippen molar-refractivity contribution in [2.75, 3.05) is 44.7 Å². The molecule has 0 unspecified atom stereocenters. The van der Waals surface area contributed by atoms with Crippen molar-refractivity contribution in [3.8, 4) is 5.88 Å². The Hall–Kier alpha value is -2.15. The molecule has 7 nitrogen and oxygen atoms in total. The summed E-state index contributed by atoms with van der Waals surface area (Å²) in [4.78, 5) is 25.1. The Morgan fingerprint density at radius 3 is 3.04 bits per heavy atom. The maximum absolute atomic E-state index is 12.1. The van der Waals surface area contributed by atoms with Gasteiger partial charge in [0.15, 0.2) is 0 Å². The van der Waals surface area contributed by atoms with Gasteiger partial charge in [-0.15, -0.1) is 6.58 Å². The number of methoxy groups -OCH3 is 1. The number of hydrogen-bond donors (Lipinski definition) is 1. The maximum Gasteiger partial charge on any atom is 0.237 e. The molecule has 1 fully saturated rings. The molecule has 0 spiro atoms. The molecule has 1 aromatic heterocycles. The lowest BCUT2D eigenvalue weighted by atomic mass is 10.2. The minimum absolute atomic E-state index is 0.0379. The van der Waals surface area contributed by atoms with Crippen LogP contribution in [0.25, 0.3) is 0 Å². The van der Waals surface area contributed by atoms with Crippen molar-refractivity contribution in [2.45, 2.75) is 19.4 Å². The highest BCUT2D eigenvalue weighted by Gasteiger charge is 2.24. The van der Waals surface area contributed by atoms with Crippen molar-refractivity contribution in [1.29, 1.82) is 0 Å². The van der Waals surface area contributed by atoms with E-state index in [1.54, 1.807) is 25.4 Å². The zero-order valence-corrected chi connectivity index (χ0v) is 13.9. The third-order valence-corrected chi connectivity index (χ3v) is 3.99. The predicted octanol–water partition coefficient (Wildman–Crippen LogP) is 0.688. The van der Waals surface area contributed by atoms with Gasteiger partial charge < -0.3 is 15.0 Å². The summed E-state index contributed by atoms with van der Waals surface area (Å²) in [5.41, 5.74) is 0. The van der Waals surface area contributed by atoms with Crippen LogP contribution in [0.1, 0.15) is 13.3 Å². The monoisotopic (exact) mass is 319 g/mol. The lowest BCUT2D eigenvalue weighted by Crippen LogP contribution is -2.46. The first-order chi connectivity index (χ1) is 11.2. The molecular weight excluding hydrogens is 294 g/mol. The van der Waals surface area contributed by atoms with E-state index >= 15 is 0 Å². The number of carbonyl (C=O) groups excluding carboxylic acids is 1. The highest BCUT2D eigenvalue weighted by molar-refractivity contribution is 5.81. The van der Waals surface area contributed by atoms with E-state index in [1.807, 2.05) is 6.92 Å². The third kappa shape index (κ3) is 4.66. The summed E-state index contributed by atoms with van der Waals surface area (Å²) < 4.78 is 5.16. The quantitative estimate of drug-likeness (QED) is 0.778. The molecule has 0 saturated carbocycles. The van der Waals surface area contributed by atoms with E-state index in [9.17, 15) is 4.79 Å². The van der Waals surface area contributed by atoms with Gasteiger partial charge in [0.25, 0.3) is 0 Å². The molecular formula is C16H25N5O2. The van der Waals surface area contributed by atoms with Gasteiger partial charge in [0.1, 0.15) is 0 Å². The Labute approximate surface area is 137 Å². The molecule has 23 heavy (non-hydrogen) atoms. The van der Waals surface area contributed by atoms with E-state index < -0.39 is 0 Å². The van der Waals surface area contributed by atoms with E-state index in [4.69, 9.17) is 4.74 Å². The number of nitrogens with one attached hydrogen (secondary N) is 1. The van der Waals surface area contributed by atoms with Crippen LogP contribution in [0.5, 0.6) is 5.88 Å². The van der Waals surface area contributed by atoms with Gasteiger partial charge in [-0.3, -0.25) is 9.69 Å². The van der Waals surface area contributed by atoms with Gasteiger partial charge in [0, 0.05) is 45.0 Å². The minimum atomic E-state index is -0.152. The second-order valence-corrected chi connectivity index (χ2v) is 5.49. The summed E-state index contributed by atoms with van der Waals surface area (Å²) in [6, 6.07) is 1.58. The first-order valence-electron chi connectivity index (χ1n) is 7.90. The zero-order valence-electron chi connectivity index (χ0n) is 13.9. The average molecular weight is 319 g/mol. The molecule has 1 aliphatic rings. The van der Waals surface area contributed by atoms with E-state index in [0.717, 1.165) is 32.6 Å². The molecule has 1 aliphatic heterocycles. The van der Waals surface area contributed by atoms with Crippen molar-refractivity contribution in [3.63, 3.8) is 0 Å². The second kappa shape index (κ2) is 8.47. The van der Waals surface area contributed by atoms with Crippen LogP contribution in [-0.4, -0.2) is 66.7 Å². The van der Waals surface area contributed by atoms with Crippen LogP contribution in [0.15, 0.2) is 24.9 Å². The first-order valence-corrected chi connectivity index (χ1v) is 7.90. The standard InChI is InChI=1S/C16H25N5O2/c1-4-7-17-15(22)13(2)20-9-5-10-21(12-11-20)16-18-8-6-14(19-16)23-3/h4,6,8,13H,1,5,7,9-12H2,2-3H3,(H,17,22)/t13-/m0/s1. The maximum atomic E-state index is 12.1. The first kappa shape index (κ1) is 17.2. The van der Waals surface area contributed by atoms with Gasteiger partial charge in [-0.2, -0.15) is 4.98 Å². The highest BCUT2D eigenvalue weighted by Crippen LogP contribution is 2.15. The van der Waals surface area contributed by atoms with Crippen LogP contribution < -0.4 is 15.0 Å². The van der Waals surface area contributed by atoms with Crippen molar-refractivity contribution in [2.24, 2.45) is 0 Å². The summed E-state index contributed by atoms with van der Waals surface area (Å²) in [5, 5.41) is 2.85. The highest BCUT2D eigenvalue weighted by atomic mass is 16.5. The molecule has 2 heterocycles. The number of ether oxygens (including phenoxy) is 1. The number of nitrogens with zero attached hydrogens (tertiary/aromatic N) is 4. The fourth-order valence-corrected chi connectivity index (χ4v) is 2.61. The SMILES string of the molecule is C=CCNC(=O)[C@H](C)N1CCCN(c2nccc(OC)n2)CC1. The number of rotatable bonds is 6. The molecule has 2 rings (SSSR count). The van der Waals surface area contributed by atoms with E-state index in [0.29, 0.717) is 18.4 Å². The van der Waals surface area contributed by atoms with Gasteiger partial charge in [0.05, 0.1) is 13.2 Å². The van der Waals surface area contributed by atoms with Gasteiger partial charge in [0.2, 0.25) is 17.7 Å². The average Bonchev–Trinajstić information content (AvgIpc) is 2.85. The van der Waals surface area contributed by atoms with Crippen LogP contribution in [0.3, 0.4) is 0 Å². The van der Waals surface area contributed by atoms with Crippen LogP contribution in [0.2, 0.25) is 0 Å². The Kier molecular flexibility index (Phi) is 6.34. The van der Waals surface area contributed by atoms with Gasteiger partial charge in [-0.1, -0.05) is 6.08 Å². The lowest BCUT2D eigenvalue weighted by molar-refractivity contribution is -0.125. The molecule has 1 aromatic rings. The Morgan fingerprint density at radius 2 is 2.30 bits per heavy atom. The number of aromatic nitrogens is 2. The van der Waals surface area contributed by atoms with Crippen LogP contribution in [-0.2, 0) is 4.79 Å². The molecule has 0 aliphatic carbocycles. The summed E-state index contributed by atoms with van der Waals surface area (Å²) in [6.45, 7) is 9.38. The van der Waals surface area contributed by atoms with Crippen molar-refractivity contribution < 1.29 is 9.53 Å². The van der Waals surface area contributed by atoms with Crippen LogP contribution in [0.4, 0.5) is 5.95 Å². The van der Waals surface area contributed by atoms with Crippen LogP contribution in [0, 0.1) is 0 Å². The molecule has 1 atom stereocenters. The Bertz CT molecular complexity index is 537. The van der Waals surface area contributed by atoms with E-state index in [2.05, 4.69) is 31.7 Å².